The number of hydrogen-bond donors (Lipinski definition) is 0. The van der Waals surface area contributed by atoms with Crippen LogP contribution in [0.1, 0.15) is 22.3 Å². The molecule has 1 nitrogen and oxygen atoms in total. The first-order chi connectivity index (χ1) is 29.3. The van der Waals surface area contributed by atoms with Crippen LogP contribution in [-0.2, 0) is 5.41 Å². The van der Waals surface area contributed by atoms with Crippen LogP contribution in [0.4, 0.5) is 0 Å². The summed E-state index contributed by atoms with van der Waals surface area (Å²) in [6, 6.07) is 82.4. The molecule has 0 atom stereocenters. The van der Waals surface area contributed by atoms with Crippen molar-refractivity contribution in [2.45, 2.75) is 5.41 Å². The molecule has 0 amide bonds. The summed E-state index contributed by atoms with van der Waals surface area (Å²) in [5.41, 5.74) is 15.1. The summed E-state index contributed by atoms with van der Waals surface area (Å²) >= 11 is 0. The van der Waals surface area contributed by atoms with Crippen molar-refractivity contribution in [2.24, 2.45) is 0 Å². The van der Waals surface area contributed by atoms with E-state index in [2.05, 4.69) is 224 Å². The molecule has 0 saturated heterocycles. The van der Waals surface area contributed by atoms with Gasteiger partial charge in [0.1, 0.15) is 0 Å². The molecule has 59 heavy (non-hydrogen) atoms. The molecule has 0 aliphatic heterocycles. The third kappa shape index (κ3) is 4.95. The van der Waals surface area contributed by atoms with Crippen LogP contribution in [0.3, 0.4) is 0 Å². The van der Waals surface area contributed by atoms with Crippen LogP contribution in [0.2, 0.25) is 0 Å². The van der Waals surface area contributed by atoms with Gasteiger partial charge in [0, 0.05) is 16.3 Å². The molecule has 1 heterocycles. The molecule has 11 aromatic rings. The van der Waals surface area contributed by atoms with Gasteiger partial charge in [-0.2, -0.15) is 0 Å². The van der Waals surface area contributed by atoms with E-state index < -0.39 is 5.41 Å². The second-order valence-corrected chi connectivity index (χ2v) is 15.7. The van der Waals surface area contributed by atoms with E-state index in [0.717, 1.165) is 27.5 Å². The van der Waals surface area contributed by atoms with Gasteiger partial charge >= 0.3 is 0 Å². The molecule has 0 fully saturated rings. The summed E-state index contributed by atoms with van der Waals surface area (Å²) in [4.78, 5) is 5.55. The van der Waals surface area contributed by atoms with Crippen molar-refractivity contribution in [2.75, 3.05) is 0 Å². The van der Waals surface area contributed by atoms with Gasteiger partial charge < -0.3 is 0 Å². The SMILES string of the molecule is c1ccc(-c2c3ccccc3c(-c3cccc(-c4nc5ccccc5c5cc6c(cc45)C(c4ccccc4)(c4ccccc4)c4ccccc4-6)c3)c3ccccc23)cc1. The average Bonchev–Trinajstić information content (AvgIpc) is 3.60. The number of hydrogen-bond acceptors (Lipinski definition) is 1. The number of nitrogens with zero attached hydrogens (tertiary/aromatic N) is 1. The van der Waals surface area contributed by atoms with Crippen molar-refractivity contribution in [3.8, 4) is 44.6 Å². The van der Waals surface area contributed by atoms with Gasteiger partial charge in [0.15, 0.2) is 0 Å². The van der Waals surface area contributed by atoms with E-state index in [0.29, 0.717) is 0 Å². The highest BCUT2D eigenvalue weighted by Gasteiger charge is 2.46. The molecule has 274 valence electrons. The van der Waals surface area contributed by atoms with Crippen LogP contribution >= 0.6 is 0 Å². The number of rotatable bonds is 5. The number of para-hydroxylation sites is 1. The van der Waals surface area contributed by atoms with E-state index in [4.69, 9.17) is 4.98 Å². The predicted octanol–water partition coefficient (Wildman–Crippen LogP) is 15.1. The lowest BCUT2D eigenvalue weighted by Crippen LogP contribution is -2.28. The van der Waals surface area contributed by atoms with Gasteiger partial charge in [-0.3, -0.25) is 0 Å². The lowest BCUT2D eigenvalue weighted by atomic mass is 9.67. The minimum atomic E-state index is -0.508. The zero-order valence-electron chi connectivity index (χ0n) is 32.3. The second kappa shape index (κ2) is 13.2. The molecule has 1 heteroatoms. The molecule has 0 unspecified atom stereocenters. The highest BCUT2D eigenvalue weighted by atomic mass is 14.7. The molecule has 1 aliphatic carbocycles. The minimum Gasteiger partial charge on any atom is -0.247 e. The van der Waals surface area contributed by atoms with Gasteiger partial charge in [0.2, 0.25) is 0 Å². The van der Waals surface area contributed by atoms with E-state index in [1.807, 2.05) is 0 Å². The van der Waals surface area contributed by atoms with Gasteiger partial charge in [0.25, 0.3) is 0 Å². The summed E-state index contributed by atoms with van der Waals surface area (Å²) < 4.78 is 0. The molecule has 0 N–H and O–H groups in total. The molecular formula is C58H37N. The Balaban J connectivity index is 1.16. The minimum absolute atomic E-state index is 0.508. The largest absolute Gasteiger partial charge is 0.247 e. The molecule has 12 rings (SSSR count). The van der Waals surface area contributed by atoms with Crippen LogP contribution < -0.4 is 0 Å². The first kappa shape index (κ1) is 33.5. The second-order valence-electron chi connectivity index (χ2n) is 15.7. The Morgan fingerprint density at radius 1 is 0.288 bits per heavy atom. The summed E-state index contributed by atoms with van der Waals surface area (Å²) in [7, 11) is 0. The van der Waals surface area contributed by atoms with Crippen LogP contribution in [0.25, 0.3) is 87.9 Å². The molecule has 1 aromatic heterocycles. The molecule has 0 saturated carbocycles. The third-order valence-electron chi connectivity index (χ3n) is 12.7. The first-order valence-corrected chi connectivity index (χ1v) is 20.5. The zero-order valence-corrected chi connectivity index (χ0v) is 32.3. The Morgan fingerprint density at radius 2 is 0.780 bits per heavy atom. The lowest BCUT2D eigenvalue weighted by molar-refractivity contribution is 0.769. The van der Waals surface area contributed by atoms with Gasteiger partial charge in [-0.1, -0.05) is 200 Å². The molecule has 10 aromatic carbocycles. The number of fused-ring (bicyclic) bond motifs is 8. The standard InChI is InChI=1S/C58H37N/c1-4-19-38(20-5-1)55-45-29-10-12-31-47(45)56(48-32-13-11-30-46(48)55)39-21-18-22-40(35-39)57-51-37-53-50(36-49(51)44-28-15-17-34-54(44)59-57)43-27-14-16-33-52(43)58(53,41-23-6-2-7-24-41)42-25-8-3-9-26-42/h1-37H. The molecular weight excluding hydrogens is 711 g/mol. The number of pyridine rings is 1. The quantitative estimate of drug-likeness (QED) is 0.126. The zero-order chi connectivity index (χ0) is 38.9. The Hall–Kier alpha value is -7.61. The van der Waals surface area contributed by atoms with Crippen LogP contribution in [-0.4, -0.2) is 4.98 Å². The predicted molar refractivity (Wildman–Crippen MR) is 248 cm³/mol. The fourth-order valence-electron chi connectivity index (χ4n) is 10.3. The normalized spacial score (nSPS) is 12.9. The lowest BCUT2D eigenvalue weighted by Gasteiger charge is -2.34. The molecule has 0 radical (unpaired) electrons. The fraction of sp³-hybridized carbons (Fsp3) is 0.0172. The van der Waals surface area contributed by atoms with Crippen molar-refractivity contribution < 1.29 is 0 Å². The average molecular weight is 748 g/mol. The van der Waals surface area contributed by atoms with E-state index in [1.54, 1.807) is 0 Å². The molecule has 0 spiro atoms. The number of benzene rings is 10. The van der Waals surface area contributed by atoms with Crippen molar-refractivity contribution >= 4 is 43.2 Å². The monoisotopic (exact) mass is 747 g/mol. The van der Waals surface area contributed by atoms with Gasteiger partial charge in [-0.15, -0.1) is 0 Å². The number of aromatic nitrogens is 1. The maximum atomic E-state index is 5.55. The first-order valence-electron chi connectivity index (χ1n) is 20.5. The highest BCUT2D eigenvalue weighted by molar-refractivity contribution is 6.22. The smallest absolute Gasteiger partial charge is 0.0788 e. The van der Waals surface area contributed by atoms with Gasteiger partial charge in [-0.05, 0) is 107 Å². The molecule has 1 aliphatic rings. The Morgan fingerprint density at radius 3 is 1.42 bits per heavy atom. The van der Waals surface area contributed by atoms with Crippen molar-refractivity contribution in [1.29, 1.82) is 0 Å². The maximum Gasteiger partial charge on any atom is 0.0788 e. The maximum absolute atomic E-state index is 5.55. The van der Waals surface area contributed by atoms with Gasteiger partial charge in [0.05, 0.1) is 16.6 Å². The van der Waals surface area contributed by atoms with Crippen molar-refractivity contribution in [3.05, 3.63) is 247 Å². The highest BCUT2D eigenvalue weighted by Crippen LogP contribution is 2.57. The topological polar surface area (TPSA) is 12.9 Å². The van der Waals surface area contributed by atoms with E-state index in [-0.39, 0.29) is 0 Å². The summed E-state index contributed by atoms with van der Waals surface area (Å²) in [6.07, 6.45) is 0. The van der Waals surface area contributed by atoms with E-state index in [9.17, 15) is 0 Å². The summed E-state index contributed by atoms with van der Waals surface area (Å²) in [5.74, 6) is 0. The van der Waals surface area contributed by atoms with Gasteiger partial charge in [-0.25, -0.2) is 4.98 Å². The van der Waals surface area contributed by atoms with E-state index in [1.165, 1.54) is 82.6 Å². The van der Waals surface area contributed by atoms with Crippen molar-refractivity contribution in [3.63, 3.8) is 0 Å². The third-order valence-corrected chi connectivity index (χ3v) is 12.7. The van der Waals surface area contributed by atoms with Crippen LogP contribution in [0.5, 0.6) is 0 Å². The summed E-state index contributed by atoms with van der Waals surface area (Å²) in [6.45, 7) is 0. The molecule has 0 bridgehead atoms. The van der Waals surface area contributed by atoms with Crippen molar-refractivity contribution in [1.82, 2.24) is 4.98 Å². The Labute approximate surface area is 343 Å². The fourth-order valence-corrected chi connectivity index (χ4v) is 10.3. The van der Waals surface area contributed by atoms with E-state index >= 15 is 0 Å². The van der Waals surface area contributed by atoms with Crippen LogP contribution in [0, 0.1) is 0 Å². The Kier molecular flexibility index (Phi) is 7.52. The summed E-state index contributed by atoms with van der Waals surface area (Å²) in [5, 5.41) is 8.51. The Bertz CT molecular complexity index is 3320. The van der Waals surface area contributed by atoms with Crippen LogP contribution in [0.15, 0.2) is 224 Å².